The van der Waals surface area contributed by atoms with Crippen LogP contribution in [-0.2, 0) is 6.54 Å². The van der Waals surface area contributed by atoms with Crippen LogP contribution in [0, 0.1) is 6.92 Å². The molecule has 0 radical (unpaired) electrons. The van der Waals surface area contributed by atoms with Crippen LogP contribution in [0.2, 0.25) is 0 Å². The Balaban J connectivity index is 1.96. The van der Waals surface area contributed by atoms with E-state index in [2.05, 4.69) is 33.3 Å². The van der Waals surface area contributed by atoms with Gasteiger partial charge in [0.15, 0.2) is 5.65 Å². The first kappa shape index (κ1) is 12.4. The Bertz CT molecular complexity index is 589. The molecule has 1 unspecified atom stereocenters. The van der Waals surface area contributed by atoms with Crippen molar-refractivity contribution >= 4 is 17.1 Å². The minimum Gasteiger partial charge on any atom is -0.369 e. The number of rotatable bonds is 3. The van der Waals surface area contributed by atoms with Gasteiger partial charge in [-0.3, -0.25) is 9.47 Å². The predicted octanol–water partition coefficient (Wildman–Crippen LogP) is 1.81. The van der Waals surface area contributed by atoms with Gasteiger partial charge in [-0.1, -0.05) is 6.92 Å². The van der Waals surface area contributed by atoms with E-state index in [1.165, 1.54) is 19.4 Å². The Morgan fingerprint density at radius 1 is 1.47 bits per heavy atom. The Labute approximate surface area is 113 Å². The smallest absolute Gasteiger partial charge is 0.202 e. The number of likely N-dealkylation sites (N-methyl/N-ethyl adjacent to an activating group) is 1. The minimum absolute atomic E-state index is 0.562. The molecule has 2 aromatic rings. The van der Waals surface area contributed by atoms with Crippen molar-refractivity contribution in [1.82, 2.24) is 19.4 Å². The number of anilines is 1. The fourth-order valence-corrected chi connectivity index (χ4v) is 3.06. The maximum absolute atomic E-state index is 6.08. The lowest BCUT2D eigenvalue weighted by molar-refractivity contribution is 0.246. The second-order valence-corrected chi connectivity index (χ2v) is 5.31. The number of aromatic nitrogens is 3. The number of nitrogens with two attached hydrogens (primary N) is 1. The summed E-state index contributed by atoms with van der Waals surface area (Å²) in [5.74, 6) is 0.583. The molecule has 3 heterocycles. The first-order chi connectivity index (χ1) is 9.20. The highest BCUT2D eigenvalue weighted by molar-refractivity contribution is 5.77. The predicted molar refractivity (Wildman–Crippen MR) is 76.9 cm³/mol. The van der Waals surface area contributed by atoms with E-state index in [0.29, 0.717) is 12.0 Å². The molecule has 1 fully saturated rings. The third-order valence-electron chi connectivity index (χ3n) is 4.16. The number of nitrogen functional groups attached to an aromatic ring is 1. The topological polar surface area (TPSA) is 60.0 Å². The van der Waals surface area contributed by atoms with Crippen LogP contribution in [-0.4, -0.2) is 38.6 Å². The molecular weight excluding hydrogens is 238 g/mol. The first-order valence-electron chi connectivity index (χ1n) is 7.02. The van der Waals surface area contributed by atoms with Gasteiger partial charge in [-0.25, -0.2) is 9.97 Å². The van der Waals surface area contributed by atoms with Gasteiger partial charge in [0.1, 0.15) is 5.52 Å². The fourth-order valence-electron chi connectivity index (χ4n) is 3.06. The molecule has 1 saturated heterocycles. The molecule has 1 atom stereocenters. The number of hydrogen-bond donors (Lipinski definition) is 1. The largest absolute Gasteiger partial charge is 0.369 e. The lowest BCUT2D eigenvalue weighted by Gasteiger charge is -2.23. The fraction of sp³-hybridized carbons (Fsp3) is 0.571. The molecule has 1 aliphatic rings. The zero-order chi connectivity index (χ0) is 13.4. The molecule has 0 aromatic carbocycles. The van der Waals surface area contributed by atoms with Gasteiger partial charge < -0.3 is 5.73 Å². The van der Waals surface area contributed by atoms with E-state index < -0.39 is 0 Å². The van der Waals surface area contributed by atoms with Gasteiger partial charge in [-0.15, -0.1) is 0 Å². The van der Waals surface area contributed by atoms with E-state index in [1.807, 2.05) is 12.3 Å². The molecule has 102 valence electrons. The van der Waals surface area contributed by atoms with Crippen LogP contribution >= 0.6 is 0 Å². The number of hydrogen-bond acceptors (Lipinski definition) is 4. The summed E-state index contributed by atoms with van der Waals surface area (Å²) in [6, 6.07) is 2.54. The lowest BCUT2D eigenvalue weighted by Crippen LogP contribution is -2.33. The Morgan fingerprint density at radius 2 is 2.32 bits per heavy atom. The quantitative estimate of drug-likeness (QED) is 0.913. The van der Waals surface area contributed by atoms with Crippen LogP contribution in [0.25, 0.3) is 11.2 Å². The van der Waals surface area contributed by atoms with Crippen molar-refractivity contribution in [2.24, 2.45) is 0 Å². The number of fused-ring (bicyclic) bond motifs is 1. The van der Waals surface area contributed by atoms with Crippen molar-refractivity contribution in [3.05, 3.63) is 17.8 Å². The Kier molecular flexibility index (Phi) is 3.14. The van der Waals surface area contributed by atoms with Crippen molar-refractivity contribution < 1.29 is 0 Å². The third kappa shape index (κ3) is 2.08. The second kappa shape index (κ2) is 4.81. The van der Waals surface area contributed by atoms with Gasteiger partial charge in [0.2, 0.25) is 5.95 Å². The summed E-state index contributed by atoms with van der Waals surface area (Å²) in [7, 11) is 0. The molecule has 0 bridgehead atoms. The van der Waals surface area contributed by atoms with E-state index in [4.69, 9.17) is 5.73 Å². The summed E-state index contributed by atoms with van der Waals surface area (Å²) >= 11 is 0. The Hall–Kier alpha value is -1.62. The highest BCUT2D eigenvalue weighted by Crippen LogP contribution is 2.23. The molecule has 2 N–H and O–H groups in total. The second-order valence-electron chi connectivity index (χ2n) is 5.31. The van der Waals surface area contributed by atoms with Crippen LogP contribution in [0.3, 0.4) is 0 Å². The van der Waals surface area contributed by atoms with Crippen molar-refractivity contribution in [2.75, 3.05) is 18.8 Å². The number of imidazole rings is 1. The van der Waals surface area contributed by atoms with Gasteiger partial charge >= 0.3 is 0 Å². The summed E-state index contributed by atoms with van der Waals surface area (Å²) < 4.78 is 2.07. The zero-order valence-electron chi connectivity index (χ0n) is 11.6. The molecule has 1 aliphatic heterocycles. The van der Waals surface area contributed by atoms with E-state index in [1.54, 1.807) is 0 Å². The molecule has 0 spiro atoms. The van der Waals surface area contributed by atoms with Gasteiger partial charge in [-0.2, -0.15) is 0 Å². The highest BCUT2D eigenvalue weighted by atomic mass is 15.2. The van der Waals surface area contributed by atoms with Gasteiger partial charge in [0.05, 0.1) is 0 Å². The Morgan fingerprint density at radius 3 is 3.11 bits per heavy atom. The monoisotopic (exact) mass is 259 g/mol. The van der Waals surface area contributed by atoms with Crippen molar-refractivity contribution in [1.29, 1.82) is 0 Å². The van der Waals surface area contributed by atoms with Crippen molar-refractivity contribution in [3.8, 4) is 0 Å². The minimum atomic E-state index is 0.562. The van der Waals surface area contributed by atoms with Crippen LogP contribution in [0.4, 0.5) is 5.95 Å². The van der Waals surface area contributed by atoms with Crippen LogP contribution in [0.15, 0.2) is 12.3 Å². The number of likely N-dealkylation sites (tertiary alicyclic amines) is 1. The van der Waals surface area contributed by atoms with Crippen LogP contribution < -0.4 is 5.73 Å². The third-order valence-corrected chi connectivity index (χ3v) is 4.16. The first-order valence-corrected chi connectivity index (χ1v) is 7.02. The summed E-state index contributed by atoms with van der Waals surface area (Å²) in [6.07, 6.45) is 4.35. The summed E-state index contributed by atoms with van der Waals surface area (Å²) in [5, 5.41) is 0. The molecule has 19 heavy (non-hydrogen) atoms. The molecule has 5 heteroatoms. The summed E-state index contributed by atoms with van der Waals surface area (Å²) in [4.78, 5) is 11.4. The SMILES string of the molecule is CCN1CCCC1Cn1c(N)nc2c(C)ccnc21. The molecule has 5 nitrogen and oxygen atoms in total. The van der Waals surface area contributed by atoms with Crippen molar-refractivity contribution in [3.63, 3.8) is 0 Å². The van der Waals surface area contributed by atoms with Gasteiger partial charge in [0.25, 0.3) is 0 Å². The van der Waals surface area contributed by atoms with E-state index in [9.17, 15) is 0 Å². The average molecular weight is 259 g/mol. The average Bonchev–Trinajstić information content (AvgIpc) is 2.97. The molecule has 3 rings (SSSR count). The van der Waals surface area contributed by atoms with E-state index in [0.717, 1.165) is 29.8 Å². The molecule has 2 aromatic heterocycles. The van der Waals surface area contributed by atoms with Crippen LogP contribution in [0.1, 0.15) is 25.3 Å². The normalized spacial score (nSPS) is 20.4. The number of aryl methyl sites for hydroxylation is 1. The van der Waals surface area contributed by atoms with Crippen molar-refractivity contribution in [2.45, 2.75) is 39.3 Å². The summed E-state index contributed by atoms with van der Waals surface area (Å²) in [5.41, 5.74) is 9.06. The van der Waals surface area contributed by atoms with E-state index in [-0.39, 0.29) is 0 Å². The molecular formula is C14H21N5. The summed E-state index contributed by atoms with van der Waals surface area (Å²) in [6.45, 7) is 7.46. The standard InChI is InChI=1S/C14H21N5/c1-3-18-8-4-5-11(18)9-19-13-12(17-14(19)15)10(2)6-7-16-13/h6-7,11H,3-5,8-9H2,1-2H3,(H2,15,17). The molecule has 0 saturated carbocycles. The zero-order valence-corrected chi connectivity index (χ0v) is 11.6. The number of nitrogens with zero attached hydrogens (tertiary/aromatic N) is 4. The lowest BCUT2D eigenvalue weighted by atomic mass is 10.2. The number of pyridine rings is 1. The van der Waals surface area contributed by atoms with Gasteiger partial charge in [-0.05, 0) is 44.5 Å². The van der Waals surface area contributed by atoms with Crippen LogP contribution in [0.5, 0.6) is 0 Å². The molecule has 0 amide bonds. The van der Waals surface area contributed by atoms with E-state index >= 15 is 0 Å². The maximum atomic E-state index is 6.08. The maximum Gasteiger partial charge on any atom is 0.202 e. The highest BCUT2D eigenvalue weighted by Gasteiger charge is 2.25. The van der Waals surface area contributed by atoms with Gasteiger partial charge in [0, 0.05) is 18.8 Å². The molecule has 0 aliphatic carbocycles.